The zero-order valence-corrected chi connectivity index (χ0v) is 13.0. The van der Waals surface area contributed by atoms with Crippen molar-refractivity contribution >= 4 is 27.7 Å². The predicted octanol–water partition coefficient (Wildman–Crippen LogP) is 2.04. The van der Waals surface area contributed by atoms with Gasteiger partial charge in [-0.1, -0.05) is 18.7 Å². The molecule has 0 spiro atoms. The minimum absolute atomic E-state index is 0.801. The summed E-state index contributed by atoms with van der Waals surface area (Å²) in [5.74, 6) is 0.801. The van der Waals surface area contributed by atoms with Crippen LogP contribution < -0.4 is 0 Å². The van der Waals surface area contributed by atoms with E-state index < -0.39 is 0 Å². The summed E-state index contributed by atoms with van der Waals surface area (Å²) in [5, 5.41) is 16.8. The number of halogens is 1. The third kappa shape index (κ3) is 2.59. The van der Waals surface area contributed by atoms with Crippen molar-refractivity contribution in [1.29, 1.82) is 0 Å². The Morgan fingerprint density at radius 3 is 2.67 bits per heavy atom. The van der Waals surface area contributed by atoms with Crippen LogP contribution in [-0.4, -0.2) is 30.0 Å². The van der Waals surface area contributed by atoms with Gasteiger partial charge < -0.3 is 0 Å². The van der Waals surface area contributed by atoms with Gasteiger partial charge in [-0.2, -0.15) is 5.10 Å². The van der Waals surface area contributed by atoms with Gasteiger partial charge in [0.1, 0.15) is 0 Å². The molecule has 0 atom stereocenters. The highest BCUT2D eigenvalue weighted by Crippen LogP contribution is 2.28. The molecule has 18 heavy (non-hydrogen) atoms. The van der Waals surface area contributed by atoms with Crippen LogP contribution in [0.2, 0.25) is 0 Å². The number of aryl methyl sites for hydroxylation is 3. The first-order chi connectivity index (χ1) is 8.67. The largest absolute Gasteiger partial charge is 0.268 e. The lowest BCUT2D eigenvalue weighted by atomic mass is 10.3. The fraction of sp³-hybridized carbons (Fsp3) is 0.600. The minimum Gasteiger partial charge on any atom is -0.268 e. The van der Waals surface area contributed by atoms with Crippen molar-refractivity contribution in [2.24, 2.45) is 7.05 Å². The zero-order chi connectivity index (χ0) is 13.1. The number of rotatable bonds is 5. The molecule has 6 nitrogen and oxygen atoms in total. The molecule has 0 aliphatic rings. The van der Waals surface area contributed by atoms with Crippen molar-refractivity contribution in [3.63, 3.8) is 0 Å². The summed E-state index contributed by atoms with van der Waals surface area (Å²) < 4.78 is 4.81. The fourth-order valence-electron chi connectivity index (χ4n) is 1.63. The molecule has 2 heterocycles. The lowest BCUT2D eigenvalue weighted by Gasteiger charge is -2.04. The third-order valence-electron chi connectivity index (χ3n) is 2.61. The number of hydrogen-bond donors (Lipinski definition) is 0. The summed E-state index contributed by atoms with van der Waals surface area (Å²) in [4.78, 5) is 0. The summed E-state index contributed by atoms with van der Waals surface area (Å²) in [6.07, 6.45) is 0.927. The van der Waals surface area contributed by atoms with Gasteiger partial charge in [0.25, 0.3) is 0 Å². The molecule has 0 bridgehead atoms. The molecule has 0 aliphatic heterocycles. The highest BCUT2D eigenvalue weighted by atomic mass is 79.9. The Kier molecular flexibility index (Phi) is 4.39. The van der Waals surface area contributed by atoms with Gasteiger partial charge in [-0.15, -0.1) is 5.10 Å². The Hall–Kier alpha value is -0.890. The molecule has 0 saturated carbocycles. The van der Waals surface area contributed by atoms with Crippen LogP contribution in [0, 0.1) is 0 Å². The van der Waals surface area contributed by atoms with Gasteiger partial charge in [0.15, 0.2) is 0 Å². The number of nitrogens with zero attached hydrogens (tertiary/aromatic N) is 6. The number of tetrazole rings is 1. The van der Waals surface area contributed by atoms with Crippen LogP contribution in [0.1, 0.15) is 25.2 Å². The summed E-state index contributed by atoms with van der Waals surface area (Å²) in [6, 6.07) is 0. The third-order valence-corrected chi connectivity index (χ3v) is 4.55. The molecule has 0 unspecified atom stereocenters. The Morgan fingerprint density at radius 2 is 2.11 bits per heavy atom. The first kappa shape index (κ1) is 13.5. The molecule has 98 valence electrons. The van der Waals surface area contributed by atoms with Crippen LogP contribution in [0.25, 0.3) is 0 Å². The second kappa shape index (κ2) is 5.83. The van der Waals surface area contributed by atoms with E-state index in [2.05, 4.69) is 50.4 Å². The van der Waals surface area contributed by atoms with Gasteiger partial charge in [0, 0.05) is 19.3 Å². The van der Waals surface area contributed by atoms with Crippen LogP contribution in [0.5, 0.6) is 0 Å². The van der Waals surface area contributed by atoms with E-state index in [9.17, 15) is 0 Å². The molecule has 2 rings (SSSR count). The predicted molar refractivity (Wildman–Crippen MR) is 73.3 cm³/mol. The number of hydrogen-bond acceptors (Lipinski definition) is 5. The molecule has 0 amide bonds. The van der Waals surface area contributed by atoms with Crippen LogP contribution in [0.15, 0.2) is 9.63 Å². The molecule has 0 aromatic carbocycles. The van der Waals surface area contributed by atoms with Crippen LogP contribution in [-0.2, 0) is 25.8 Å². The van der Waals surface area contributed by atoms with Gasteiger partial charge in [0.2, 0.25) is 5.16 Å². The van der Waals surface area contributed by atoms with Crippen molar-refractivity contribution in [3.05, 3.63) is 15.9 Å². The van der Waals surface area contributed by atoms with Crippen molar-refractivity contribution < 1.29 is 0 Å². The van der Waals surface area contributed by atoms with E-state index in [0.717, 1.165) is 34.0 Å². The van der Waals surface area contributed by atoms with Gasteiger partial charge in [-0.05, 0) is 39.7 Å². The summed E-state index contributed by atoms with van der Waals surface area (Å²) in [6.45, 7) is 5.07. The van der Waals surface area contributed by atoms with Gasteiger partial charge >= 0.3 is 0 Å². The molecule has 0 N–H and O–H groups in total. The Labute approximate surface area is 118 Å². The average molecular weight is 331 g/mol. The molecular formula is C10H15BrN6S. The lowest BCUT2D eigenvalue weighted by molar-refractivity contribution is 0.626. The molecule has 8 heteroatoms. The maximum Gasteiger partial charge on any atom is 0.209 e. The van der Waals surface area contributed by atoms with E-state index >= 15 is 0 Å². The summed E-state index contributed by atoms with van der Waals surface area (Å²) >= 11 is 5.24. The SMILES string of the molecule is CCc1nn(CC)c(CSc2nnnn2C)c1Br. The molecule has 0 aliphatic carbocycles. The topological polar surface area (TPSA) is 61.4 Å². The average Bonchev–Trinajstić information content (AvgIpc) is 2.91. The van der Waals surface area contributed by atoms with Gasteiger partial charge in [-0.3, -0.25) is 4.68 Å². The molecule has 0 saturated heterocycles. The Balaban J connectivity index is 2.18. The van der Waals surface area contributed by atoms with E-state index in [1.165, 1.54) is 5.69 Å². The zero-order valence-electron chi connectivity index (χ0n) is 10.6. The molecule has 0 fully saturated rings. The normalized spacial score (nSPS) is 11.1. The Bertz CT molecular complexity index is 534. The van der Waals surface area contributed by atoms with Crippen molar-refractivity contribution in [2.45, 2.75) is 37.7 Å². The second-order valence-electron chi connectivity index (χ2n) is 3.75. The van der Waals surface area contributed by atoms with E-state index in [-0.39, 0.29) is 0 Å². The van der Waals surface area contributed by atoms with Crippen molar-refractivity contribution in [3.8, 4) is 0 Å². The standard InChI is InChI=1S/C10H15BrN6S/c1-4-7-9(11)8(17(5-2)13-7)6-18-10-12-14-15-16(10)3/h4-6H2,1-3H3. The lowest BCUT2D eigenvalue weighted by Crippen LogP contribution is -2.02. The molecular weight excluding hydrogens is 316 g/mol. The number of aromatic nitrogens is 6. The van der Waals surface area contributed by atoms with Gasteiger partial charge in [-0.25, -0.2) is 4.68 Å². The van der Waals surface area contributed by atoms with Crippen LogP contribution in [0.3, 0.4) is 0 Å². The summed E-state index contributed by atoms with van der Waals surface area (Å²) in [7, 11) is 1.84. The number of thioether (sulfide) groups is 1. The fourth-order valence-corrected chi connectivity index (χ4v) is 3.40. The summed E-state index contributed by atoms with van der Waals surface area (Å²) in [5.41, 5.74) is 2.28. The maximum absolute atomic E-state index is 4.57. The smallest absolute Gasteiger partial charge is 0.209 e. The molecule has 2 aromatic rings. The van der Waals surface area contributed by atoms with E-state index in [1.807, 2.05) is 11.7 Å². The first-order valence-corrected chi connectivity index (χ1v) is 7.54. The monoisotopic (exact) mass is 330 g/mol. The first-order valence-electron chi connectivity index (χ1n) is 5.76. The molecule has 2 aromatic heterocycles. The highest BCUT2D eigenvalue weighted by molar-refractivity contribution is 9.10. The van der Waals surface area contributed by atoms with Crippen LogP contribution in [0.4, 0.5) is 0 Å². The van der Waals surface area contributed by atoms with Gasteiger partial charge in [0.05, 0.1) is 15.9 Å². The van der Waals surface area contributed by atoms with E-state index in [1.54, 1.807) is 16.4 Å². The Morgan fingerprint density at radius 1 is 1.33 bits per heavy atom. The minimum atomic E-state index is 0.801. The molecule has 0 radical (unpaired) electrons. The quantitative estimate of drug-likeness (QED) is 0.785. The van der Waals surface area contributed by atoms with E-state index in [0.29, 0.717) is 0 Å². The van der Waals surface area contributed by atoms with Crippen molar-refractivity contribution in [1.82, 2.24) is 30.0 Å². The van der Waals surface area contributed by atoms with Crippen molar-refractivity contribution in [2.75, 3.05) is 0 Å². The second-order valence-corrected chi connectivity index (χ2v) is 5.49. The highest BCUT2D eigenvalue weighted by Gasteiger charge is 2.15. The maximum atomic E-state index is 4.57. The van der Waals surface area contributed by atoms with Crippen LogP contribution >= 0.6 is 27.7 Å². The van der Waals surface area contributed by atoms with E-state index in [4.69, 9.17) is 0 Å².